The second-order valence-corrected chi connectivity index (χ2v) is 9.49. The lowest BCUT2D eigenvalue weighted by Gasteiger charge is -2.33. The van der Waals surface area contributed by atoms with Gasteiger partial charge in [-0.25, -0.2) is 17.9 Å². The minimum absolute atomic E-state index is 0.137. The van der Waals surface area contributed by atoms with Crippen molar-refractivity contribution in [2.75, 3.05) is 25.1 Å². The molecule has 30 heavy (non-hydrogen) atoms. The number of esters is 1. The molecule has 0 bridgehead atoms. The van der Waals surface area contributed by atoms with Crippen LogP contribution < -0.4 is 9.62 Å². The van der Waals surface area contributed by atoms with Crippen LogP contribution in [0.5, 0.6) is 0 Å². The summed E-state index contributed by atoms with van der Waals surface area (Å²) in [5.74, 6) is 0.389. The molecular weight excluding hydrogens is 404 g/mol. The minimum atomic E-state index is -3.65. The fourth-order valence-corrected chi connectivity index (χ4v) is 5.34. The van der Waals surface area contributed by atoms with Crippen LogP contribution in [0.2, 0.25) is 0 Å². The molecule has 0 amide bonds. The Morgan fingerprint density at radius 2 is 1.80 bits per heavy atom. The summed E-state index contributed by atoms with van der Waals surface area (Å²) >= 11 is 0. The van der Waals surface area contributed by atoms with Crippen LogP contribution in [0.3, 0.4) is 0 Å². The normalized spacial score (nSPS) is 17.4. The van der Waals surface area contributed by atoms with Crippen LogP contribution in [-0.2, 0) is 27.6 Å². The lowest BCUT2D eigenvalue weighted by atomic mass is 9.96. The van der Waals surface area contributed by atoms with Crippen molar-refractivity contribution in [3.8, 4) is 0 Å². The monoisotopic (exact) mass is 430 g/mol. The van der Waals surface area contributed by atoms with Gasteiger partial charge in [0.1, 0.15) is 0 Å². The number of piperidine rings is 1. The maximum atomic E-state index is 12.7. The van der Waals surface area contributed by atoms with Crippen LogP contribution in [-0.4, -0.2) is 50.8 Å². The van der Waals surface area contributed by atoms with Crippen LogP contribution in [0.15, 0.2) is 35.2 Å². The molecule has 1 aliphatic carbocycles. The first-order valence-corrected chi connectivity index (χ1v) is 11.8. The van der Waals surface area contributed by atoms with E-state index in [4.69, 9.17) is 0 Å². The molecule has 0 saturated carbocycles. The van der Waals surface area contributed by atoms with Crippen LogP contribution in [0.25, 0.3) is 0 Å². The Kier molecular flexibility index (Phi) is 6.01. The van der Waals surface area contributed by atoms with Crippen molar-refractivity contribution >= 4 is 21.8 Å². The number of hydrogen-bond acceptors (Lipinski definition) is 7. The van der Waals surface area contributed by atoms with Crippen molar-refractivity contribution < 1.29 is 17.9 Å². The second kappa shape index (κ2) is 8.69. The summed E-state index contributed by atoms with van der Waals surface area (Å²) in [5.41, 5.74) is 2.73. The third kappa shape index (κ3) is 4.46. The molecule has 0 radical (unpaired) electrons. The highest BCUT2D eigenvalue weighted by Crippen LogP contribution is 2.24. The highest BCUT2D eigenvalue weighted by Gasteiger charge is 2.26. The maximum absolute atomic E-state index is 12.7. The van der Waals surface area contributed by atoms with Gasteiger partial charge in [0.25, 0.3) is 0 Å². The number of anilines is 1. The largest absolute Gasteiger partial charge is 0.465 e. The molecule has 1 aliphatic heterocycles. The molecule has 0 unspecified atom stereocenters. The predicted molar refractivity (Wildman–Crippen MR) is 112 cm³/mol. The number of aromatic nitrogens is 2. The molecule has 0 atom stereocenters. The number of ether oxygens (including phenoxy) is 1. The summed E-state index contributed by atoms with van der Waals surface area (Å²) in [6, 6.07) is 7.76. The Labute approximate surface area is 176 Å². The minimum Gasteiger partial charge on any atom is -0.465 e. The summed E-state index contributed by atoms with van der Waals surface area (Å²) < 4.78 is 32.8. The van der Waals surface area contributed by atoms with Gasteiger partial charge in [-0.3, -0.25) is 0 Å². The van der Waals surface area contributed by atoms with E-state index in [2.05, 4.69) is 30.6 Å². The molecule has 2 aliphatic rings. The fraction of sp³-hybridized carbons (Fsp3) is 0.476. The van der Waals surface area contributed by atoms with Gasteiger partial charge in [0.05, 0.1) is 23.3 Å². The summed E-state index contributed by atoms with van der Waals surface area (Å²) in [5, 5.41) is 8.79. The van der Waals surface area contributed by atoms with E-state index in [-0.39, 0.29) is 10.9 Å². The van der Waals surface area contributed by atoms with Crippen molar-refractivity contribution in [2.24, 2.45) is 0 Å². The van der Waals surface area contributed by atoms with Crippen molar-refractivity contribution in [1.29, 1.82) is 0 Å². The van der Waals surface area contributed by atoms with Gasteiger partial charge < -0.3 is 9.64 Å². The predicted octanol–water partition coefficient (Wildman–Crippen LogP) is 2.09. The van der Waals surface area contributed by atoms with E-state index in [1.54, 1.807) is 0 Å². The van der Waals surface area contributed by atoms with Crippen LogP contribution >= 0.6 is 0 Å². The third-order valence-corrected chi connectivity index (χ3v) is 7.32. The Bertz CT molecular complexity index is 1020. The van der Waals surface area contributed by atoms with Crippen molar-refractivity contribution in [1.82, 2.24) is 14.9 Å². The fourth-order valence-electron chi connectivity index (χ4n) is 4.04. The van der Waals surface area contributed by atoms with Crippen LogP contribution in [0.1, 0.15) is 47.3 Å². The first-order valence-electron chi connectivity index (χ1n) is 10.3. The van der Waals surface area contributed by atoms with Crippen LogP contribution in [0.4, 0.5) is 5.82 Å². The number of fused-ring (bicyclic) bond motifs is 1. The molecule has 0 spiro atoms. The molecule has 160 valence electrons. The number of benzene rings is 1. The molecule has 4 rings (SSSR count). The van der Waals surface area contributed by atoms with E-state index in [0.29, 0.717) is 18.4 Å². The summed E-state index contributed by atoms with van der Waals surface area (Å²) in [4.78, 5) is 13.8. The van der Waals surface area contributed by atoms with E-state index in [1.165, 1.54) is 49.8 Å². The van der Waals surface area contributed by atoms with Gasteiger partial charge in [-0.15, -0.1) is 5.10 Å². The number of sulfonamides is 1. The number of aryl methyl sites for hydroxylation is 2. The number of rotatable bonds is 5. The van der Waals surface area contributed by atoms with E-state index >= 15 is 0 Å². The number of nitrogens with one attached hydrogen (secondary N) is 1. The first kappa shape index (κ1) is 20.7. The molecule has 9 heteroatoms. The average molecular weight is 431 g/mol. The number of hydrogen-bond donors (Lipinski definition) is 1. The SMILES string of the molecule is COC(=O)c1ccc(S(=O)(=O)NC2CCN(c3cc4c(nn3)CCCC4)CC2)cc1. The molecule has 1 fully saturated rings. The summed E-state index contributed by atoms with van der Waals surface area (Å²) in [6.45, 7) is 1.45. The van der Waals surface area contributed by atoms with Gasteiger partial charge in [0, 0.05) is 19.1 Å². The number of nitrogens with zero attached hydrogens (tertiary/aromatic N) is 3. The zero-order chi connectivity index (χ0) is 21.1. The molecule has 2 heterocycles. The standard InChI is InChI=1S/C21H26N4O4S/c1-29-21(26)15-6-8-18(9-7-15)30(27,28)24-17-10-12-25(13-11-17)20-14-16-4-2-3-5-19(16)22-23-20/h6-9,14,17,24H,2-5,10-13H2,1H3. The number of methoxy groups -OCH3 is 1. The quantitative estimate of drug-likeness (QED) is 0.725. The van der Waals surface area contributed by atoms with Gasteiger partial charge in [0.2, 0.25) is 10.0 Å². The first-order chi connectivity index (χ1) is 14.5. The van der Waals surface area contributed by atoms with E-state index in [9.17, 15) is 13.2 Å². The highest BCUT2D eigenvalue weighted by atomic mass is 32.2. The highest BCUT2D eigenvalue weighted by molar-refractivity contribution is 7.89. The summed E-state index contributed by atoms with van der Waals surface area (Å²) in [7, 11) is -2.36. The van der Waals surface area contributed by atoms with Gasteiger partial charge in [-0.1, -0.05) is 0 Å². The van der Waals surface area contributed by atoms with Crippen LogP contribution in [0, 0.1) is 0 Å². The topological polar surface area (TPSA) is 101 Å². The van der Waals surface area contributed by atoms with Crippen molar-refractivity contribution in [2.45, 2.75) is 49.5 Å². The second-order valence-electron chi connectivity index (χ2n) is 7.78. The van der Waals surface area contributed by atoms with Gasteiger partial charge >= 0.3 is 5.97 Å². The Morgan fingerprint density at radius 1 is 1.10 bits per heavy atom. The molecular formula is C21H26N4O4S. The molecule has 1 N–H and O–H groups in total. The summed E-state index contributed by atoms with van der Waals surface area (Å²) in [6.07, 6.45) is 5.83. The van der Waals surface area contributed by atoms with Gasteiger partial charge in [-0.05, 0) is 74.4 Å². The van der Waals surface area contributed by atoms with E-state index < -0.39 is 16.0 Å². The third-order valence-electron chi connectivity index (χ3n) is 5.78. The molecule has 1 saturated heterocycles. The zero-order valence-electron chi connectivity index (χ0n) is 17.0. The zero-order valence-corrected chi connectivity index (χ0v) is 17.8. The average Bonchev–Trinajstić information content (AvgIpc) is 2.78. The van der Waals surface area contributed by atoms with Gasteiger partial charge in [0.15, 0.2) is 5.82 Å². The number of carbonyl (C=O) groups is 1. The molecule has 1 aromatic carbocycles. The Balaban J connectivity index is 1.36. The lowest BCUT2D eigenvalue weighted by molar-refractivity contribution is 0.0600. The van der Waals surface area contributed by atoms with Crippen molar-refractivity contribution in [3.63, 3.8) is 0 Å². The van der Waals surface area contributed by atoms with E-state index in [1.807, 2.05) is 0 Å². The Hall–Kier alpha value is -2.52. The van der Waals surface area contributed by atoms with E-state index in [0.717, 1.165) is 37.4 Å². The molecule has 2 aromatic rings. The Morgan fingerprint density at radius 3 is 2.50 bits per heavy atom. The smallest absolute Gasteiger partial charge is 0.337 e. The maximum Gasteiger partial charge on any atom is 0.337 e. The van der Waals surface area contributed by atoms with Crippen molar-refractivity contribution in [3.05, 3.63) is 47.2 Å². The van der Waals surface area contributed by atoms with Gasteiger partial charge in [-0.2, -0.15) is 5.10 Å². The lowest BCUT2D eigenvalue weighted by Crippen LogP contribution is -2.45. The number of carbonyl (C=O) groups excluding carboxylic acids is 1. The molecule has 8 nitrogen and oxygen atoms in total. The molecule has 1 aromatic heterocycles.